The van der Waals surface area contributed by atoms with Gasteiger partial charge in [-0.15, -0.1) is 0 Å². The minimum atomic E-state index is -1.13. The molecule has 0 amide bonds. The number of fused-ring (bicyclic) bond motifs is 1. The Labute approximate surface area is 292 Å². The molecule has 2 unspecified atom stereocenters. The lowest BCUT2D eigenvalue weighted by atomic mass is 9.76. The number of aromatic hydroxyl groups is 2. The molecule has 2 aromatic carbocycles. The normalized spacial score (nSPS) is 23.0. The van der Waals surface area contributed by atoms with Crippen molar-refractivity contribution in [3.8, 4) is 17.2 Å². The first kappa shape index (κ1) is 38.4. The predicted molar refractivity (Wildman–Crippen MR) is 184 cm³/mol. The highest BCUT2D eigenvalue weighted by molar-refractivity contribution is 6.17. The lowest BCUT2D eigenvalue weighted by Crippen LogP contribution is -2.54. The molecule has 0 spiro atoms. The van der Waals surface area contributed by atoms with Gasteiger partial charge in [0, 0.05) is 42.5 Å². The highest BCUT2D eigenvalue weighted by Crippen LogP contribution is 2.49. The number of aldehydes is 1. The smallest absolute Gasteiger partial charge is 0.306 e. The van der Waals surface area contributed by atoms with Crippen LogP contribution < -0.4 is 10.1 Å². The first-order chi connectivity index (χ1) is 23.9. The average molecular weight is 694 g/mol. The predicted octanol–water partition coefficient (Wildman–Crippen LogP) is 4.58. The van der Waals surface area contributed by atoms with Gasteiger partial charge in [-0.1, -0.05) is 44.7 Å². The summed E-state index contributed by atoms with van der Waals surface area (Å²) in [7, 11) is 1.38. The third-order valence-electron chi connectivity index (χ3n) is 9.39. The Morgan fingerprint density at radius 1 is 1.14 bits per heavy atom. The lowest BCUT2D eigenvalue weighted by molar-refractivity contribution is -0.246. The van der Waals surface area contributed by atoms with Gasteiger partial charge in [-0.25, -0.2) is 0 Å². The maximum atomic E-state index is 14.1. The van der Waals surface area contributed by atoms with E-state index >= 15 is 0 Å². The van der Waals surface area contributed by atoms with E-state index in [1.54, 1.807) is 38.1 Å². The van der Waals surface area contributed by atoms with Crippen LogP contribution in [0.15, 0.2) is 43.0 Å². The van der Waals surface area contributed by atoms with Crippen LogP contribution in [-0.2, 0) is 30.2 Å². The Hall–Kier alpha value is -4.36. The molecule has 1 aliphatic carbocycles. The van der Waals surface area contributed by atoms with Crippen molar-refractivity contribution in [2.75, 3.05) is 20.3 Å². The first-order valence-electron chi connectivity index (χ1n) is 16.8. The Morgan fingerprint density at radius 2 is 1.88 bits per heavy atom. The molecule has 0 radical (unpaired) electrons. The van der Waals surface area contributed by atoms with Gasteiger partial charge in [0.25, 0.3) is 0 Å². The second-order valence-electron chi connectivity index (χ2n) is 12.8. The maximum absolute atomic E-state index is 14.1. The van der Waals surface area contributed by atoms with Crippen molar-refractivity contribution in [1.82, 2.24) is 5.32 Å². The van der Waals surface area contributed by atoms with Crippen LogP contribution in [0, 0.1) is 12.8 Å². The van der Waals surface area contributed by atoms with Crippen LogP contribution in [0.4, 0.5) is 0 Å². The van der Waals surface area contributed by atoms with Crippen molar-refractivity contribution < 1.29 is 53.4 Å². The molecule has 1 fully saturated rings. The van der Waals surface area contributed by atoms with E-state index in [0.717, 1.165) is 6.42 Å². The van der Waals surface area contributed by atoms with Gasteiger partial charge in [0.05, 0.1) is 42.1 Å². The summed E-state index contributed by atoms with van der Waals surface area (Å²) in [6.07, 6.45) is -0.242. The molecule has 4 rings (SSSR count). The SMILES string of the molecule is C=CC(=C)CN[C@@H]1CC(O[C@H]2CC(C(=O)COC(=O)CCCC)Cc3c(O)c(C=O)c(C(=O)c4c(C)cccc4OC)c(O)c32)O[C@@H](C)[C@H]1O. The van der Waals surface area contributed by atoms with E-state index in [2.05, 4.69) is 18.5 Å². The van der Waals surface area contributed by atoms with E-state index < -0.39 is 83.3 Å². The van der Waals surface area contributed by atoms with Gasteiger partial charge in [0.15, 0.2) is 18.4 Å². The zero-order valence-electron chi connectivity index (χ0n) is 29.0. The molecule has 6 atom stereocenters. The number of phenolic OH excluding ortho intramolecular Hbond substituents is 2. The molecular weight excluding hydrogens is 646 g/mol. The minimum Gasteiger partial charge on any atom is -0.507 e. The Kier molecular flexibility index (Phi) is 13.1. The van der Waals surface area contributed by atoms with Crippen LogP contribution in [0.3, 0.4) is 0 Å². The standard InChI is InChI=1S/C38H47NO11/c1-7-9-13-30(42)48-19-27(41)23-14-24-33(29(15-23)50-31-16-26(35(43)22(5)49-31)39-17-20(3)8-2)38(46)34(25(18-40)36(24)44)37(45)32-21(4)11-10-12-28(32)47-6/h8,10-12,18,22-23,26,29,31,35,39,43-44,46H,2-3,7,9,13-17,19H2,1,4-6H3/t22-,23?,26+,29-,31?,35+/m0/s1. The number of Topliss-reactive ketones (excluding diaryl/α,β-unsaturated/α-hetero) is 1. The molecular formula is C38H47NO11. The Bertz CT molecular complexity index is 1630. The number of hydrogen-bond acceptors (Lipinski definition) is 12. The largest absolute Gasteiger partial charge is 0.507 e. The molecule has 2 aromatic rings. The number of unbranched alkanes of at least 4 members (excludes halogenated alkanes) is 1. The van der Waals surface area contributed by atoms with Crippen LogP contribution >= 0.6 is 0 Å². The van der Waals surface area contributed by atoms with Gasteiger partial charge in [0.2, 0.25) is 5.78 Å². The van der Waals surface area contributed by atoms with E-state index in [0.29, 0.717) is 24.1 Å². The van der Waals surface area contributed by atoms with E-state index in [-0.39, 0.29) is 54.4 Å². The van der Waals surface area contributed by atoms with Crippen molar-refractivity contribution in [1.29, 1.82) is 0 Å². The molecule has 12 nitrogen and oxygen atoms in total. The molecule has 1 heterocycles. The number of benzene rings is 2. The molecule has 0 bridgehead atoms. The highest BCUT2D eigenvalue weighted by atomic mass is 16.7. The van der Waals surface area contributed by atoms with Gasteiger partial charge in [-0.2, -0.15) is 0 Å². The summed E-state index contributed by atoms with van der Waals surface area (Å²) in [5.74, 6) is -3.53. The number of rotatable bonds is 16. The van der Waals surface area contributed by atoms with E-state index in [4.69, 9.17) is 18.9 Å². The number of hydrogen-bond donors (Lipinski definition) is 4. The maximum Gasteiger partial charge on any atom is 0.306 e. The number of methoxy groups -OCH3 is 1. The summed E-state index contributed by atoms with van der Waals surface area (Å²) in [4.78, 5) is 52.3. The lowest BCUT2D eigenvalue weighted by Gasteiger charge is -2.41. The number of esters is 1. The topological polar surface area (TPSA) is 178 Å². The van der Waals surface area contributed by atoms with Gasteiger partial charge < -0.3 is 39.6 Å². The molecule has 1 aliphatic heterocycles. The van der Waals surface area contributed by atoms with E-state index in [1.165, 1.54) is 7.11 Å². The first-order valence-corrected chi connectivity index (χ1v) is 16.8. The second kappa shape index (κ2) is 17.0. The van der Waals surface area contributed by atoms with Crippen LogP contribution in [-0.4, -0.2) is 83.9 Å². The van der Waals surface area contributed by atoms with Gasteiger partial charge in [-0.05, 0) is 50.3 Å². The van der Waals surface area contributed by atoms with Crippen molar-refractivity contribution in [2.45, 2.75) is 89.9 Å². The zero-order chi connectivity index (χ0) is 36.7. The number of ketones is 2. The number of carbonyl (C=O) groups is 4. The van der Waals surface area contributed by atoms with Crippen molar-refractivity contribution >= 4 is 23.8 Å². The molecule has 0 saturated carbocycles. The van der Waals surface area contributed by atoms with Crippen molar-refractivity contribution in [2.24, 2.45) is 5.92 Å². The number of aliphatic hydroxyl groups is 1. The van der Waals surface area contributed by atoms with Crippen LogP contribution in [0.25, 0.3) is 0 Å². The van der Waals surface area contributed by atoms with Crippen LogP contribution in [0.1, 0.15) is 95.0 Å². The number of aliphatic hydroxyl groups excluding tert-OH is 1. The fourth-order valence-corrected chi connectivity index (χ4v) is 6.53. The number of aryl methyl sites for hydroxylation is 1. The summed E-state index contributed by atoms with van der Waals surface area (Å²) in [6.45, 7) is 12.7. The molecule has 1 saturated heterocycles. The number of phenols is 2. The average Bonchev–Trinajstić information content (AvgIpc) is 3.10. The van der Waals surface area contributed by atoms with Crippen LogP contribution in [0.5, 0.6) is 17.2 Å². The molecule has 4 N–H and O–H groups in total. The summed E-state index contributed by atoms with van der Waals surface area (Å²) in [5, 5.41) is 37.5. The van der Waals surface area contributed by atoms with E-state index in [1.807, 2.05) is 6.92 Å². The molecule has 2 aliphatic rings. The fourth-order valence-electron chi connectivity index (χ4n) is 6.53. The fraction of sp³-hybridized carbons (Fsp3) is 0.474. The van der Waals surface area contributed by atoms with Gasteiger partial charge in [0.1, 0.15) is 23.9 Å². The van der Waals surface area contributed by atoms with Crippen LogP contribution in [0.2, 0.25) is 0 Å². The number of carbonyl (C=O) groups excluding carboxylic acids is 4. The zero-order valence-corrected chi connectivity index (χ0v) is 29.0. The van der Waals surface area contributed by atoms with Gasteiger partial charge in [-0.3, -0.25) is 19.2 Å². The highest BCUT2D eigenvalue weighted by Gasteiger charge is 2.43. The summed E-state index contributed by atoms with van der Waals surface area (Å²) in [5.41, 5.74) is 0.490. The number of nitrogens with one attached hydrogen (secondary N) is 1. The van der Waals surface area contributed by atoms with Gasteiger partial charge >= 0.3 is 5.97 Å². The Morgan fingerprint density at radius 3 is 2.54 bits per heavy atom. The summed E-state index contributed by atoms with van der Waals surface area (Å²) >= 11 is 0. The third-order valence-corrected chi connectivity index (χ3v) is 9.39. The quantitative estimate of drug-likeness (QED) is 0.0634. The third kappa shape index (κ3) is 8.32. The Balaban J connectivity index is 1.78. The molecule has 12 heteroatoms. The molecule has 0 aromatic heterocycles. The molecule has 50 heavy (non-hydrogen) atoms. The summed E-state index contributed by atoms with van der Waals surface area (Å²) in [6, 6.07) is 4.44. The summed E-state index contributed by atoms with van der Waals surface area (Å²) < 4.78 is 23.1. The van der Waals surface area contributed by atoms with E-state index in [9.17, 15) is 34.5 Å². The second-order valence-corrected chi connectivity index (χ2v) is 12.8. The monoisotopic (exact) mass is 693 g/mol. The molecule has 270 valence electrons. The van der Waals surface area contributed by atoms with Crippen molar-refractivity contribution in [3.05, 3.63) is 76.4 Å². The number of ether oxygens (including phenoxy) is 4. The minimum absolute atomic E-state index is 0.0277. The van der Waals surface area contributed by atoms with Crippen molar-refractivity contribution in [3.63, 3.8) is 0 Å².